The molecular formula is C14H24N2O3. The molecule has 0 aromatic carbocycles. The summed E-state index contributed by atoms with van der Waals surface area (Å²) in [5.41, 5.74) is -1.36. The van der Waals surface area contributed by atoms with E-state index in [1.54, 1.807) is 6.08 Å². The van der Waals surface area contributed by atoms with Crippen LogP contribution in [0, 0.1) is 5.92 Å². The fourth-order valence-electron chi connectivity index (χ4n) is 2.20. The second-order valence-corrected chi connectivity index (χ2v) is 6.18. The Balaban J connectivity index is 2.95. The van der Waals surface area contributed by atoms with Crippen molar-refractivity contribution in [2.75, 3.05) is 13.2 Å². The van der Waals surface area contributed by atoms with Gasteiger partial charge < -0.3 is 15.4 Å². The van der Waals surface area contributed by atoms with Crippen molar-refractivity contribution in [1.82, 2.24) is 10.6 Å². The van der Waals surface area contributed by atoms with Crippen LogP contribution >= 0.6 is 0 Å². The van der Waals surface area contributed by atoms with Crippen LogP contribution in [0.1, 0.15) is 34.1 Å². The Hall–Kier alpha value is -1.36. The van der Waals surface area contributed by atoms with Gasteiger partial charge in [0.15, 0.2) is 0 Å². The molecular weight excluding hydrogens is 244 g/mol. The van der Waals surface area contributed by atoms with Crippen molar-refractivity contribution < 1.29 is 14.3 Å². The van der Waals surface area contributed by atoms with Crippen molar-refractivity contribution >= 4 is 11.8 Å². The maximum Gasteiger partial charge on any atom is 0.248 e. The molecule has 1 aliphatic heterocycles. The number of carbonyl (C=O) groups excluding carboxylic acids is 2. The van der Waals surface area contributed by atoms with Crippen molar-refractivity contribution in [2.45, 2.75) is 45.2 Å². The third-order valence-electron chi connectivity index (χ3n) is 2.96. The van der Waals surface area contributed by atoms with E-state index in [1.165, 1.54) is 6.92 Å². The molecule has 1 rings (SSSR count). The van der Waals surface area contributed by atoms with Crippen LogP contribution in [0.5, 0.6) is 0 Å². The highest BCUT2D eigenvalue weighted by atomic mass is 16.5. The van der Waals surface area contributed by atoms with Gasteiger partial charge >= 0.3 is 0 Å². The Kier molecular flexibility index (Phi) is 4.74. The number of rotatable bonds is 3. The minimum Gasteiger partial charge on any atom is -0.378 e. The molecule has 0 unspecified atom stereocenters. The van der Waals surface area contributed by atoms with E-state index in [2.05, 4.69) is 17.2 Å². The predicted molar refractivity (Wildman–Crippen MR) is 73.6 cm³/mol. The van der Waals surface area contributed by atoms with Crippen LogP contribution in [-0.4, -0.2) is 36.1 Å². The maximum absolute atomic E-state index is 12.5. The van der Waals surface area contributed by atoms with Gasteiger partial charge in [0.1, 0.15) is 5.54 Å². The predicted octanol–water partition coefficient (Wildman–Crippen LogP) is 0.998. The van der Waals surface area contributed by atoms with Gasteiger partial charge in [-0.2, -0.15) is 0 Å². The summed E-state index contributed by atoms with van der Waals surface area (Å²) in [6.07, 6.45) is 2.28. The van der Waals surface area contributed by atoms with Crippen molar-refractivity contribution in [3.63, 3.8) is 0 Å². The third-order valence-corrected chi connectivity index (χ3v) is 2.96. The van der Waals surface area contributed by atoms with Gasteiger partial charge in [-0.05, 0) is 27.2 Å². The molecule has 1 aliphatic rings. The van der Waals surface area contributed by atoms with E-state index in [1.807, 2.05) is 20.8 Å². The van der Waals surface area contributed by atoms with E-state index in [-0.39, 0.29) is 29.9 Å². The fourth-order valence-corrected chi connectivity index (χ4v) is 2.20. The molecule has 2 N–H and O–H groups in total. The number of hydrogen-bond donors (Lipinski definition) is 2. The molecule has 1 saturated heterocycles. The van der Waals surface area contributed by atoms with Gasteiger partial charge in [-0.15, -0.1) is 6.58 Å². The van der Waals surface area contributed by atoms with Crippen LogP contribution in [0.15, 0.2) is 12.7 Å². The fraction of sp³-hybridized carbons (Fsp3) is 0.714. The lowest BCUT2D eigenvalue weighted by Gasteiger charge is -2.40. The molecule has 1 heterocycles. The minimum absolute atomic E-state index is 0.0614. The number of carbonyl (C=O) groups is 2. The third kappa shape index (κ3) is 4.35. The molecule has 2 amide bonds. The first-order chi connectivity index (χ1) is 8.68. The molecule has 0 bridgehead atoms. The van der Waals surface area contributed by atoms with E-state index in [0.29, 0.717) is 13.0 Å². The minimum atomic E-state index is -1.00. The van der Waals surface area contributed by atoms with Crippen LogP contribution in [0.25, 0.3) is 0 Å². The van der Waals surface area contributed by atoms with Crippen LogP contribution < -0.4 is 10.6 Å². The number of nitrogens with one attached hydrogen (secondary N) is 2. The SMILES string of the molecule is C=C[C@H]1COC[C@@](NC(C)=O)(C(=O)NC(C)(C)C)C1. The average Bonchev–Trinajstić information content (AvgIpc) is 2.26. The number of amides is 2. The van der Waals surface area contributed by atoms with Gasteiger partial charge in [0.25, 0.3) is 0 Å². The van der Waals surface area contributed by atoms with Crippen molar-refractivity contribution in [2.24, 2.45) is 5.92 Å². The normalized spacial score (nSPS) is 27.5. The summed E-state index contributed by atoms with van der Waals surface area (Å²) in [5, 5.41) is 5.67. The van der Waals surface area contributed by atoms with Crippen LogP contribution in [0.4, 0.5) is 0 Å². The Bertz CT molecular complexity index is 373. The molecule has 5 nitrogen and oxygen atoms in total. The zero-order chi connectivity index (χ0) is 14.7. The van der Waals surface area contributed by atoms with Crippen molar-refractivity contribution in [3.8, 4) is 0 Å². The zero-order valence-corrected chi connectivity index (χ0v) is 12.2. The Morgan fingerprint density at radius 3 is 2.53 bits per heavy atom. The maximum atomic E-state index is 12.5. The molecule has 0 saturated carbocycles. The van der Waals surface area contributed by atoms with E-state index in [4.69, 9.17) is 4.74 Å². The highest BCUT2D eigenvalue weighted by Crippen LogP contribution is 2.25. The molecule has 2 atom stereocenters. The molecule has 5 heteroatoms. The molecule has 0 aliphatic carbocycles. The topological polar surface area (TPSA) is 67.4 Å². The van der Waals surface area contributed by atoms with Gasteiger partial charge in [-0.25, -0.2) is 0 Å². The standard InChI is InChI=1S/C14H24N2O3/c1-6-11-7-14(9-19-8-11,15-10(2)17)12(18)16-13(3,4)5/h6,11H,1,7-9H2,2-5H3,(H,15,17)(H,16,18)/t11-,14-/m1/s1. The van der Waals surface area contributed by atoms with Gasteiger partial charge in [-0.3, -0.25) is 9.59 Å². The van der Waals surface area contributed by atoms with E-state index in [9.17, 15) is 9.59 Å². The lowest BCUT2D eigenvalue weighted by molar-refractivity contribution is -0.141. The van der Waals surface area contributed by atoms with Crippen LogP contribution in [0.3, 0.4) is 0 Å². The molecule has 0 aromatic heterocycles. The number of hydrogen-bond acceptors (Lipinski definition) is 3. The van der Waals surface area contributed by atoms with Gasteiger partial charge in [0.05, 0.1) is 13.2 Å². The summed E-state index contributed by atoms with van der Waals surface area (Å²) in [5.74, 6) is -0.384. The molecule has 19 heavy (non-hydrogen) atoms. The Morgan fingerprint density at radius 2 is 2.05 bits per heavy atom. The molecule has 0 aromatic rings. The highest BCUT2D eigenvalue weighted by Gasteiger charge is 2.44. The summed E-state index contributed by atoms with van der Waals surface area (Å²) < 4.78 is 5.48. The largest absolute Gasteiger partial charge is 0.378 e. The highest BCUT2D eigenvalue weighted by molar-refractivity contribution is 5.91. The Labute approximate surface area is 114 Å². The summed E-state index contributed by atoms with van der Waals surface area (Å²) >= 11 is 0. The van der Waals surface area contributed by atoms with Crippen molar-refractivity contribution in [1.29, 1.82) is 0 Å². The zero-order valence-electron chi connectivity index (χ0n) is 12.2. The van der Waals surface area contributed by atoms with E-state index in [0.717, 1.165) is 0 Å². The van der Waals surface area contributed by atoms with E-state index < -0.39 is 5.54 Å². The summed E-state index contributed by atoms with van der Waals surface area (Å²) in [6, 6.07) is 0. The second kappa shape index (κ2) is 5.74. The Morgan fingerprint density at radius 1 is 1.42 bits per heavy atom. The van der Waals surface area contributed by atoms with Crippen LogP contribution in [0.2, 0.25) is 0 Å². The summed E-state index contributed by atoms with van der Waals surface area (Å²) in [4.78, 5) is 23.9. The van der Waals surface area contributed by atoms with Gasteiger partial charge in [-0.1, -0.05) is 6.08 Å². The monoisotopic (exact) mass is 268 g/mol. The van der Waals surface area contributed by atoms with Crippen LogP contribution in [-0.2, 0) is 14.3 Å². The molecule has 108 valence electrons. The first kappa shape index (κ1) is 15.7. The smallest absolute Gasteiger partial charge is 0.248 e. The lowest BCUT2D eigenvalue weighted by atomic mass is 9.84. The second-order valence-electron chi connectivity index (χ2n) is 6.18. The van der Waals surface area contributed by atoms with Crippen molar-refractivity contribution in [3.05, 3.63) is 12.7 Å². The van der Waals surface area contributed by atoms with E-state index >= 15 is 0 Å². The first-order valence-electron chi connectivity index (χ1n) is 6.50. The summed E-state index contributed by atoms with van der Waals surface area (Å²) in [6.45, 7) is 11.6. The number of ether oxygens (including phenoxy) is 1. The van der Waals surface area contributed by atoms with Gasteiger partial charge in [0.2, 0.25) is 11.8 Å². The average molecular weight is 268 g/mol. The molecule has 1 fully saturated rings. The summed E-state index contributed by atoms with van der Waals surface area (Å²) in [7, 11) is 0. The first-order valence-corrected chi connectivity index (χ1v) is 6.50. The quantitative estimate of drug-likeness (QED) is 0.750. The molecule has 0 spiro atoms. The molecule has 0 radical (unpaired) electrons. The van der Waals surface area contributed by atoms with Gasteiger partial charge in [0, 0.05) is 18.4 Å². The lowest BCUT2D eigenvalue weighted by Crippen LogP contribution is -2.66.